The number of fused-ring (bicyclic) bond motifs is 2. The Balaban J connectivity index is 1.47. The lowest BCUT2D eigenvalue weighted by molar-refractivity contribution is -0.124. The first-order chi connectivity index (χ1) is 11.6. The molecule has 1 amide bonds. The largest absolute Gasteiger partial charge is 0.493 e. The second-order valence-electron chi connectivity index (χ2n) is 6.83. The van der Waals surface area contributed by atoms with Crippen LogP contribution in [0.3, 0.4) is 0 Å². The third kappa shape index (κ3) is 2.98. The first-order valence-corrected chi connectivity index (χ1v) is 8.87. The van der Waals surface area contributed by atoms with E-state index in [0.29, 0.717) is 30.9 Å². The van der Waals surface area contributed by atoms with Gasteiger partial charge in [0.25, 0.3) is 0 Å². The molecule has 130 valence electrons. The topological polar surface area (TPSA) is 62.4 Å². The van der Waals surface area contributed by atoms with Gasteiger partial charge < -0.3 is 10.1 Å². The van der Waals surface area contributed by atoms with Gasteiger partial charge in [0.05, 0.1) is 18.7 Å². The molecule has 0 aromatic heterocycles. The first-order valence-electron chi connectivity index (χ1n) is 8.49. The van der Waals surface area contributed by atoms with E-state index < -0.39 is 6.17 Å². The summed E-state index contributed by atoms with van der Waals surface area (Å²) in [4.78, 5) is 12.8. The summed E-state index contributed by atoms with van der Waals surface area (Å²) in [7, 11) is 0. The highest BCUT2D eigenvalue weighted by molar-refractivity contribution is 6.30. The number of amides is 1. The molecule has 7 heteroatoms. The highest BCUT2D eigenvalue weighted by Gasteiger charge is 2.42. The van der Waals surface area contributed by atoms with Crippen LogP contribution in [0.5, 0.6) is 5.75 Å². The zero-order valence-electron chi connectivity index (χ0n) is 13.2. The highest BCUT2D eigenvalue weighted by atomic mass is 35.5. The molecule has 0 bridgehead atoms. The number of rotatable bonds is 2. The van der Waals surface area contributed by atoms with E-state index in [9.17, 15) is 9.18 Å². The Kier molecular flexibility index (Phi) is 4.37. The van der Waals surface area contributed by atoms with E-state index in [2.05, 4.69) is 16.2 Å². The Morgan fingerprint density at radius 1 is 1.29 bits per heavy atom. The van der Waals surface area contributed by atoms with Crippen molar-refractivity contribution in [3.8, 4) is 5.75 Å². The highest BCUT2D eigenvalue weighted by Crippen LogP contribution is 2.36. The lowest BCUT2D eigenvalue weighted by Gasteiger charge is -2.31. The van der Waals surface area contributed by atoms with Gasteiger partial charge in [-0.2, -0.15) is 0 Å². The van der Waals surface area contributed by atoms with Gasteiger partial charge in [-0.15, -0.1) is 0 Å². The van der Waals surface area contributed by atoms with Crippen LogP contribution in [0.2, 0.25) is 5.02 Å². The predicted molar refractivity (Wildman–Crippen MR) is 88.5 cm³/mol. The standard InChI is InChI=1S/C17H21ClFN3O2/c18-9-1-4-15-13(7-9)11(5-6-24-15)17(23)20-16-12-3-2-10(19)8-14(12)21-22-16/h1,4,7,10-12,14,16,21-22H,2-3,5-6,8H2,(H,20,23). The van der Waals surface area contributed by atoms with Crippen LogP contribution in [0.25, 0.3) is 0 Å². The number of hydrogen-bond acceptors (Lipinski definition) is 4. The minimum atomic E-state index is -0.750. The lowest BCUT2D eigenvalue weighted by atomic mass is 9.83. The molecule has 5 atom stereocenters. The fourth-order valence-electron chi connectivity index (χ4n) is 4.05. The molecule has 1 aromatic rings. The minimum absolute atomic E-state index is 0.0378. The minimum Gasteiger partial charge on any atom is -0.493 e. The molecule has 1 saturated heterocycles. The molecule has 4 rings (SSSR count). The summed E-state index contributed by atoms with van der Waals surface area (Å²) in [6.07, 6.45) is 1.54. The molecule has 2 aliphatic heterocycles. The zero-order valence-corrected chi connectivity index (χ0v) is 14.0. The molecule has 0 radical (unpaired) electrons. The van der Waals surface area contributed by atoms with Crippen LogP contribution in [0.4, 0.5) is 4.39 Å². The number of hydrazine groups is 1. The summed E-state index contributed by atoms with van der Waals surface area (Å²) in [6.45, 7) is 0.513. The molecule has 1 saturated carbocycles. The van der Waals surface area contributed by atoms with E-state index in [1.807, 2.05) is 6.07 Å². The Morgan fingerprint density at radius 2 is 2.17 bits per heavy atom. The van der Waals surface area contributed by atoms with Crippen molar-refractivity contribution in [1.82, 2.24) is 16.2 Å². The van der Waals surface area contributed by atoms with Gasteiger partial charge in [0, 0.05) is 22.5 Å². The number of alkyl halides is 1. The van der Waals surface area contributed by atoms with Crippen LogP contribution in [-0.4, -0.2) is 30.9 Å². The summed E-state index contributed by atoms with van der Waals surface area (Å²) < 4.78 is 19.1. The maximum Gasteiger partial charge on any atom is 0.229 e. The molecule has 24 heavy (non-hydrogen) atoms. The monoisotopic (exact) mass is 353 g/mol. The van der Waals surface area contributed by atoms with Crippen molar-refractivity contribution in [3.63, 3.8) is 0 Å². The van der Waals surface area contributed by atoms with Crippen molar-refractivity contribution >= 4 is 17.5 Å². The average Bonchev–Trinajstić information content (AvgIpc) is 2.96. The molecule has 3 N–H and O–H groups in total. The Bertz CT molecular complexity index is 644. The quantitative estimate of drug-likeness (QED) is 0.763. The maximum absolute atomic E-state index is 13.5. The molecule has 0 spiro atoms. The summed E-state index contributed by atoms with van der Waals surface area (Å²) in [5, 5.41) is 3.69. The van der Waals surface area contributed by atoms with Gasteiger partial charge in [-0.3, -0.25) is 10.2 Å². The summed E-state index contributed by atoms with van der Waals surface area (Å²) in [6, 6.07) is 5.46. The van der Waals surface area contributed by atoms with Gasteiger partial charge in [-0.25, -0.2) is 9.82 Å². The first kappa shape index (κ1) is 16.1. The van der Waals surface area contributed by atoms with Crippen LogP contribution in [0, 0.1) is 5.92 Å². The Morgan fingerprint density at radius 3 is 3.04 bits per heavy atom. The molecule has 2 fully saturated rings. The van der Waals surface area contributed by atoms with Crippen LogP contribution >= 0.6 is 11.6 Å². The van der Waals surface area contributed by atoms with Crippen molar-refractivity contribution < 1.29 is 13.9 Å². The molecule has 1 aromatic carbocycles. The third-order valence-corrected chi connectivity index (χ3v) is 5.55. The second kappa shape index (κ2) is 6.50. The van der Waals surface area contributed by atoms with Gasteiger partial charge in [0.15, 0.2) is 0 Å². The number of hydrogen-bond donors (Lipinski definition) is 3. The molecule has 1 aliphatic carbocycles. The lowest BCUT2D eigenvalue weighted by Crippen LogP contribution is -2.49. The van der Waals surface area contributed by atoms with Crippen molar-refractivity contribution in [2.24, 2.45) is 5.92 Å². The fraction of sp³-hybridized carbons (Fsp3) is 0.588. The van der Waals surface area contributed by atoms with Crippen molar-refractivity contribution in [2.45, 2.75) is 50.0 Å². The van der Waals surface area contributed by atoms with Crippen molar-refractivity contribution in [3.05, 3.63) is 28.8 Å². The van der Waals surface area contributed by atoms with E-state index in [4.69, 9.17) is 16.3 Å². The second-order valence-corrected chi connectivity index (χ2v) is 7.26. The van der Waals surface area contributed by atoms with Gasteiger partial charge in [-0.1, -0.05) is 11.6 Å². The van der Waals surface area contributed by atoms with E-state index in [-0.39, 0.29) is 30.0 Å². The SMILES string of the molecule is O=C(NC1NNC2CC(F)CCC21)C1CCOc2ccc(Cl)cc21. The zero-order chi connectivity index (χ0) is 16.7. The number of nitrogens with one attached hydrogen (secondary N) is 3. The van der Waals surface area contributed by atoms with Gasteiger partial charge in [0.2, 0.25) is 5.91 Å². The number of halogens is 2. The summed E-state index contributed by atoms with van der Waals surface area (Å²) in [5.41, 5.74) is 7.08. The van der Waals surface area contributed by atoms with Crippen LogP contribution in [0.15, 0.2) is 18.2 Å². The van der Waals surface area contributed by atoms with Gasteiger partial charge >= 0.3 is 0 Å². The van der Waals surface area contributed by atoms with Crippen LogP contribution in [0.1, 0.15) is 37.2 Å². The van der Waals surface area contributed by atoms with Crippen molar-refractivity contribution in [2.75, 3.05) is 6.61 Å². The number of carbonyl (C=O) groups excluding carboxylic acids is 1. The molecular weight excluding hydrogens is 333 g/mol. The Labute approximate surface area is 145 Å². The molecular formula is C17H21ClFN3O2. The van der Waals surface area contributed by atoms with Crippen LogP contribution < -0.4 is 20.9 Å². The number of carbonyl (C=O) groups is 1. The van der Waals surface area contributed by atoms with E-state index in [1.54, 1.807) is 12.1 Å². The van der Waals surface area contributed by atoms with E-state index in [1.165, 1.54) is 0 Å². The van der Waals surface area contributed by atoms with E-state index >= 15 is 0 Å². The molecule has 2 heterocycles. The van der Waals surface area contributed by atoms with Crippen molar-refractivity contribution in [1.29, 1.82) is 0 Å². The fourth-order valence-corrected chi connectivity index (χ4v) is 4.23. The normalized spacial score (nSPS) is 34.8. The number of benzene rings is 1. The summed E-state index contributed by atoms with van der Waals surface area (Å²) in [5.74, 6) is 0.633. The van der Waals surface area contributed by atoms with Gasteiger partial charge in [-0.05, 0) is 43.9 Å². The van der Waals surface area contributed by atoms with E-state index in [0.717, 1.165) is 17.7 Å². The third-order valence-electron chi connectivity index (χ3n) is 5.32. The maximum atomic E-state index is 13.5. The summed E-state index contributed by atoms with van der Waals surface area (Å²) >= 11 is 6.08. The van der Waals surface area contributed by atoms with Crippen LogP contribution in [-0.2, 0) is 4.79 Å². The number of ether oxygens (including phenoxy) is 1. The Hall–Kier alpha value is -1.37. The average molecular weight is 354 g/mol. The van der Waals surface area contributed by atoms with Gasteiger partial charge in [0.1, 0.15) is 11.9 Å². The predicted octanol–water partition coefficient (Wildman–Crippen LogP) is 2.26. The molecule has 3 aliphatic rings. The smallest absolute Gasteiger partial charge is 0.229 e. The molecule has 5 nitrogen and oxygen atoms in total. The molecule has 5 unspecified atom stereocenters.